The van der Waals surface area contributed by atoms with Crippen LogP contribution in [-0.4, -0.2) is 14.6 Å². The summed E-state index contributed by atoms with van der Waals surface area (Å²) in [4.78, 5) is -0.356. The van der Waals surface area contributed by atoms with Crippen molar-refractivity contribution in [1.82, 2.24) is 0 Å². The molecule has 29 heavy (non-hydrogen) atoms. The standard InChI is InChI=1S/C22H17F3O3S/c1-16-12-14-19(15-13-16)29(26,27)28-21(22(23,24)25)20(17-8-4-2-5-9-17)18-10-6-3-7-11-18/h2-15H,1H3. The molecule has 0 aliphatic heterocycles. The van der Waals surface area contributed by atoms with E-state index in [0.29, 0.717) is 0 Å². The molecule has 150 valence electrons. The van der Waals surface area contributed by atoms with E-state index >= 15 is 0 Å². The Morgan fingerprint density at radius 3 is 1.62 bits per heavy atom. The van der Waals surface area contributed by atoms with Crippen molar-refractivity contribution in [1.29, 1.82) is 0 Å². The average Bonchev–Trinajstić information content (AvgIpc) is 2.69. The van der Waals surface area contributed by atoms with Gasteiger partial charge in [0, 0.05) is 5.57 Å². The molecule has 0 N–H and O–H groups in total. The summed E-state index contributed by atoms with van der Waals surface area (Å²) in [5.41, 5.74) is 0.787. The van der Waals surface area contributed by atoms with Gasteiger partial charge in [0.2, 0.25) is 5.76 Å². The van der Waals surface area contributed by atoms with E-state index in [0.717, 1.165) is 5.56 Å². The Labute approximate surface area is 167 Å². The highest BCUT2D eigenvalue weighted by atomic mass is 32.2. The molecular formula is C22H17F3O3S. The fraction of sp³-hybridized carbons (Fsp3) is 0.0909. The first-order chi connectivity index (χ1) is 13.7. The number of rotatable bonds is 5. The molecule has 0 amide bonds. The summed E-state index contributed by atoms with van der Waals surface area (Å²) in [5, 5.41) is 0. The highest BCUT2D eigenvalue weighted by molar-refractivity contribution is 7.86. The van der Waals surface area contributed by atoms with Crippen molar-refractivity contribution >= 4 is 15.7 Å². The monoisotopic (exact) mass is 418 g/mol. The molecule has 0 fully saturated rings. The van der Waals surface area contributed by atoms with Crippen molar-refractivity contribution in [3.05, 3.63) is 107 Å². The maximum atomic E-state index is 14.0. The summed E-state index contributed by atoms with van der Waals surface area (Å²) < 4.78 is 72.0. The summed E-state index contributed by atoms with van der Waals surface area (Å²) in [6.07, 6.45) is -5.04. The number of aryl methyl sites for hydroxylation is 1. The van der Waals surface area contributed by atoms with E-state index < -0.39 is 22.1 Å². The summed E-state index contributed by atoms with van der Waals surface area (Å²) in [7, 11) is -4.70. The smallest absolute Gasteiger partial charge is 0.373 e. The molecule has 0 atom stereocenters. The summed E-state index contributed by atoms with van der Waals surface area (Å²) in [5.74, 6) is -1.59. The second-order valence-electron chi connectivity index (χ2n) is 6.28. The third-order valence-electron chi connectivity index (χ3n) is 4.11. The van der Waals surface area contributed by atoms with Gasteiger partial charge < -0.3 is 4.18 Å². The molecule has 3 aromatic carbocycles. The number of hydrogen-bond acceptors (Lipinski definition) is 3. The van der Waals surface area contributed by atoms with Crippen molar-refractivity contribution in [2.75, 3.05) is 0 Å². The third-order valence-corrected chi connectivity index (χ3v) is 5.35. The van der Waals surface area contributed by atoms with Crippen LogP contribution in [0, 0.1) is 6.92 Å². The number of alkyl halides is 3. The van der Waals surface area contributed by atoms with E-state index in [1.807, 2.05) is 0 Å². The molecule has 0 saturated carbocycles. The van der Waals surface area contributed by atoms with E-state index in [-0.39, 0.29) is 21.6 Å². The Morgan fingerprint density at radius 2 is 1.21 bits per heavy atom. The molecule has 3 rings (SSSR count). The van der Waals surface area contributed by atoms with Gasteiger partial charge in [-0.1, -0.05) is 78.4 Å². The van der Waals surface area contributed by atoms with Crippen molar-refractivity contribution < 1.29 is 25.8 Å². The number of halogens is 3. The van der Waals surface area contributed by atoms with Crippen LogP contribution in [0.25, 0.3) is 5.57 Å². The van der Waals surface area contributed by atoms with Crippen molar-refractivity contribution in [3.63, 3.8) is 0 Å². The number of hydrogen-bond donors (Lipinski definition) is 0. The number of benzene rings is 3. The molecule has 3 nitrogen and oxygen atoms in total. The summed E-state index contributed by atoms with van der Waals surface area (Å²) in [6.45, 7) is 1.74. The van der Waals surface area contributed by atoms with E-state index in [1.165, 1.54) is 48.5 Å². The molecule has 0 aliphatic carbocycles. The van der Waals surface area contributed by atoms with Crippen LogP contribution >= 0.6 is 0 Å². The first-order valence-electron chi connectivity index (χ1n) is 8.62. The Balaban J connectivity index is 2.23. The van der Waals surface area contributed by atoms with Crippen LogP contribution < -0.4 is 0 Å². The van der Waals surface area contributed by atoms with Gasteiger partial charge in [0.25, 0.3) is 0 Å². The van der Waals surface area contributed by atoms with Gasteiger partial charge >= 0.3 is 16.3 Å². The zero-order valence-electron chi connectivity index (χ0n) is 15.3. The van der Waals surface area contributed by atoms with Gasteiger partial charge in [-0.3, -0.25) is 0 Å². The molecule has 0 spiro atoms. The zero-order valence-corrected chi connectivity index (χ0v) is 16.2. The molecule has 0 heterocycles. The summed E-state index contributed by atoms with van der Waals surface area (Å²) >= 11 is 0. The van der Waals surface area contributed by atoms with Gasteiger partial charge in [0.05, 0.1) is 0 Å². The second kappa shape index (κ2) is 8.13. The van der Waals surface area contributed by atoms with E-state index in [1.54, 1.807) is 43.3 Å². The van der Waals surface area contributed by atoms with Gasteiger partial charge in [-0.15, -0.1) is 0 Å². The third kappa shape index (κ3) is 4.86. The van der Waals surface area contributed by atoms with E-state index in [2.05, 4.69) is 0 Å². The topological polar surface area (TPSA) is 43.4 Å². The van der Waals surface area contributed by atoms with Crippen LogP contribution in [0.1, 0.15) is 16.7 Å². The lowest BCUT2D eigenvalue weighted by Gasteiger charge is -2.19. The quantitative estimate of drug-likeness (QED) is 0.393. The van der Waals surface area contributed by atoms with Gasteiger partial charge in [-0.25, -0.2) is 0 Å². The van der Waals surface area contributed by atoms with Crippen molar-refractivity contribution in [3.8, 4) is 0 Å². The molecular weight excluding hydrogens is 401 g/mol. The first-order valence-corrected chi connectivity index (χ1v) is 10.0. The predicted molar refractivity (Wildman–Crippen MR) is 104 cm³/mol. The SMILES string of the molecule is Cc1ccc(S(=O)(=O)OC(=C(c2ccccc2)c2ccccc2)C(F)(F)F)cc1. The van der Waals surface area contributed by atoms with Gasteiger partial charge in [0.15, 0.2) is 0 Å². The maximum Gasteiger partial charge on any atom is 0.451 e. The number of allylic oxidation sites excluding steroid dienone is 1. The maximum absolute atomic E-state index is 14.0. The van der Waals surface area contributed by atoms with E-state index in [9.17, 15) is 21.6 Å². The first kappa shape index (κ1) is 20.7. The Morgan fingerprint density at radius 1 is 0.759 bits per heavy atom. The lowest BCUT2D eigenvalue weighted by molar-refractivity contribution is -0.114. The van der Waals surface area contributed by atoms with Crippen LogP contribution in [0.5, 0.6) is 0 Å². The van der Waals surface area contributed by atoms with Crippen molar-refractivity contribution in [2.24, 2.45) is 0 Å². The minimum Gasteiger partial charge on any atom is -0.373 e. The molecule has 0 saturated heterocycles. The Kier molecular flexibility index (Phi) is 5.79. The highest BCUT2D eigenvalue weighted by Gasteiger charge is 2.42. The average molecular weight is 418 g/mol. The van der Waals surface area contributed by atoms with Gasteiger partial charge in [0.1, 0.15) is 4.90 Å². The van der Waals surface area contributed by atoms with Crippen LogP contribution in [0.15, 0.2) is 95.6 Å². The second-order valence-corrected chi connectivity index (χ2v) is 7.83. The largest absolute Gasteiger partial charge is 0.451 e. The lowest BCUT2D eigenvalue weighted by Crippen LogP contribution is -2.21. The normalized spacial score (nSPS) is 11.7. The zero-order chi connectivity index (χ0) is 21.1. The molecule has 0 bridgehead atoms. The summed E-state index contributed by atoms with van der Waals surface area (Å²) in [6, 6.07) is 20.9. The minimum atomic E-state index is -5.04. The molecule has 0 aliphatic rings. The highest BCUT2D eigenvalue weighted by Crippen LogP contribution is 2.38. The lowest BCUT2D eigenvalue weighted by atomic mass is 9.96. The molecule has 0 unspecified atom stereocenters. The molecule has 3 aromatic rings. The van der Waals surface area contributed by atoms with Crippen LogP contribution in [0.3, 0.4) is 0 Å². The Bertz CT molecular complexity index is 1060. The fourth-order valence-corrected chi connectivity index (χ4v) is 3.69. The van der Waals surface area contributed by atoms with Gasteiger partial charge in [-0.2, -0.15) is 21.6 Å². The molecule has 0 radical (unpaired) electrons. The van der Waals surface area contributed by atoms with E-state index in [4.69, 9.17) is 4.18 Å². The Hall–Kier alpha value is -3.06. The van der Waals surface area contributed by atoms with Crippen molar-refractivity contribution in [2.45, 2.75) is 18.0 Å². The van der Waals surface area contributed by atoms with Crippen LogP contribution in [0.4, 0.5) is 13.2 Å². The minimum absolute atomic E-state index is 0.185. The molecule has 0 aromatic heterocycles. The predicted octanol–water partition coefficient (Wildman–Crippen LogP) is 5.72. The van der Waals surface area contributed by atoms with Crippen LogP contribution in [-0.2, 0) is 14.3 Å². The van der Waals surface area contributed by atoms with Crippen LogP contribution in [0.2, 0.25) is 0 Å². The van der Waals surface area contributed by atoms with Gasteiger partial charge in [-0.05, 0) is 30.2 Å². The molecule has 7 heteroatoms. The fourth-order valence-electron chi connectivity index (χ4n) is 2.73.